The molecule has 3 fully saturated rings. The van der Waals surface area contributed by atoms with Crippen molar-refractivity contribution < 1.29 is 9.90 Å². The monoisotopic (exact) mass is 346 g/mol. The number of pyridine rings is 1. The Morgan fingerprint density at radius 3 is 2.12 bits per heavy atom. The molecule has 1 aromatic heterocycles. The van der Waals surface area contributed by atoms with Crippen LogP contribution in [0, 0.1) is 0 Å². The largest absolute Gasteiger partial charge is 0.465 e. The number of amides is 1. The van der Waals surface area contributed by atoms with Gasteiger partial charge in [0.25, 0.3) is 0 Å². The molecule has 2 heterocycles. The number of nitrogens with one attached hydrogen (secondary N) is 1. The van der Waals surface area contributed by atoms with E-state index in [1.165, 1.54) is 51.4 Å². The smallest absolute Gasteiger partial charge is 0.409 e. The molecular formula is C19H30N4O2. The number of hydrogen-bond donors (Lipinski definition) is 2. The van der Waals surface area contributed by atoms with E-state index in [9.17, 15) is 4.79 Å². The third kappa shape index (κ3) is 5.33. The summed E-state index contributed by atoms with van der Waals surface area (Å²) in [5, 5.41) is 11.0. The molecule has 0 unspecified atom stereocenters. The number of aromatic nitrogens is 1. The van der Waals surface area contributed by atoms with Crippen molar-refractivity contribution in [2.24, 2.45) is 0 Å². The van der Waals surface area contributed by atoms with Crippen LogP contribution in [0.2, 0.25) is 0 Å². The van der Waals surface area contributed by atoms with Gasteiger partial charge in [-0.3, -0.25) is 10.2 Å². The van der Waals surface area contributed by atoms with Gasteiger partial charge in [-0.15, -0.1) is 0 Å². The first-order valence-corrected chi connectivity index (χ1v) is 9.67. The van der Waals surface area contributed by atoms with Crippen molar-refractivity contribution in [3.63, 3.8) is 0 Å². The van der Waals surface area contributed by atoms with Crippen LogP contribution < -0.4 is 10.2 Å². The first kappa shape index (κ1) is 18.0. The molecule has 1 aliphatic heterocycles. The van der Waals surface area contributed by atoms with Crippen molar-refractivity contribution in [3.05, 3.63) is 18.3 Å². The Kier molecular flexibility index (Phi) is 6.50. The zero-order chi connectivity index (χ0) is 17.5. The molecule has 0 radical (unpaired) electrons. The second-order valence-electron chi connectivity index (χ2n) is 7.21. The molecule has 1 amide bonds. The molecule has 2 aliphatic carbocycles. The number of nitrogens with zero attached hydrogens (tertiary/aromatic N) is 3. The van der Waals surface area contributed by atoms with E-state index < -0.39 is 6.09 Å². The van der Waals surface area contributed by atoms with Gasteiger partial charge >= 0.3 is 6.09 Å². The Morgan fingerprint density at radius 1 is 1.00 bits per heavy atom. The second kappa shape index (κ2) is 9.04. The zero-order valence-corrected chi connectivity index (χ0v) is 15.0. The number of carboxylic acid groups (broad SMARTS) is 1. The molecular weight excluding hydrogens is 316 g/mol. The lowest BCUT2D eigenvalue weighted by molar-refractivity contribution is 0.187. The van der Waals surface area contributed by atoms with E-state index in [2.05, 4.69) is 20.1 Å². The molecule has 1 saturated heterocycles. The molecule has 6 heteroatoms. The fourth-order valence-electron chi connectivity index (χ4n) is 3.61. The van der Waals surface area contributed by atoms with Gasteiger partial charge in [-0.25, -0.2) is 9.78 Å². The summed E-state index contributed by atoms with van der Waals surface area (Å²) in [5.41, 5.74) is 0.510. The first-order chi connectivity index (χ1) is 12.2. The lowest BCUT2D eigenvalue weighted by Crippen LogP contribution is -2.49. The summed E-state index contributed by atoms with van der Waals surface area (Å²) in [5.74, 6) is 0.928. The third-order valence-corrected chi connectivity index (χ3v) is 5.48. The van der Waals surface area contributed by atoms with Crippen molar-refractivity contribution >= 4 is 17.6 Å². The minimum Gasteiger partial charge on any atom is -0.465 e. The van der Waals surface area contributed by atoms with Gasteiger partial charge in [0, 0.05) is 32.2 Å². The van der Waals surface area contributed by atoms with Crippen molar-refractivity contribution in [3.8, 4) is 0 Å². The Bertz CT molecular complexity index is 527. The van der Waals surface area contributed by atoms with Crippen molar-refractivity contribution in [1.82, 2.24) is 9.88 Å². The molecule has 138 valence electrons. The predicted octanol–water partition coefficient (Wildman–Crippen LogP) is 3.80. The Labute approximate surface area is 150 Å². The van der Waals surface area contributed by atoms with Crippen molar-refractivity contribution in [2.75, 3.05) is 36.4 Å². The Morgan fingerprint density at radius 2 is 1.64 bits per heavy atom. The lowest BCUT2D eigenvalue weighted by Gasteiger charge is -2.38. The number of rotatable bonds is 3. The fourth-order valence-corrected chi connectivity index (χ4v) is 3.61. The topological polar surface area (TPSA) is 68.7 Å². The number of piperazine rings is 1. The summed E-state index contributed by atoms with van der Waals surface area (Å²) in [4.78, 5) is 19.8. The summed E-state index contributed by atoms with van der Waals surface area (Å²) in [6, 6.07) is 4.44. The van der Waals surface area contributed by atoms with Crippen LogP contribution in [-0.2, 0) is 0 Å². The summed E-state index contributed by atoms with van der Waals surface area (Å²) < 4.78 is 0. The van der Waals surface area contributed by atoms with Crippen LogP contribution in [0.5, 0.6) is 0 Å². The highest BCUT2D eigenvalue weighted by Crippen LogP contribution is 2.25. The average molecular weight is 346 g/mol. The predicted molar refractivity (Wildman–Crippen MR) is 100 cm³/mol. The van der Waals surface area contributed by atoms with Gasteiger partial charge in [-0.1, -0.05) is 38.5 Å². The highest BCUT2D eigenvalue weighted by molar-refractivity contribution is 5.82. The third-order valence-electron chi connectivity index (χ3n) is 5.48. The van der Waals surface area contributed by atoms with Crippen molar-refractivity contribution in [1.29, 1.82) is 0 Å². The maximum absolute atomic E-state index is 10.6. The highest BCUT2D eigenvalue weighted by Gasteiger charge is 2.26. The Hall–Kier alpha value is -1.82. The molecule has 0 bridgehead atoms. The van der Waals surface area contributed by atoms with E-state index in [0.717, 1.165) is 38.0 Å². The molecule has 6 nitrogen and oxygen atoms in total. The number of hydrogen-bond acceptors (Lipinski definition) is 4. The van der Waals surface area contributed by atoms with Crippen LogP contribution in [0.3, 0.4) is 0 Å². The lowest BCUT2D eigenvalue weighted by atomic mass is 10.0. The van der Waals surface area contributed by atoms with Crippen LogP contribution in [-0.4, -0.2) is 53.3 Å². The highest BCUT2D eigenvalue weighted by atomic mass is 16.4. The second-order valence-corrected chi connectivity index (χ2v) is 7.21. The van der Waals surface area contributed by atoms with Gasteiger partial charge in [-0.05, 0) is 25.0 Å². The molecule has 3 aliphatic rings. The minimum atomic E-state index is -1.06. The molecule has 0 spiro atoms. The van der Waals surface area contributed by atoms with E-state index >= 15 is 0 Å². The zero-order valence-electron chi connectivity index (χ0n) is 15.0. The van der Waals surface area contributed by atoms with Crippen LogP contribution >= 0.6 is 0 Å². The van der Waals surface area contributed by atoms with Gasteiger partial charge in [0.05, 0.1) is 11.9 Å². The van der Waals surface area contributed by atoms with Gasteiger partial charge in [0.15, 0.2) is 0 Å². The molecule has 2 N–H and O–H groups in total. The summed E-state index contributed by atoms with van der Waals surface area (Å²) in [7, 11) is 0. The van der Waals surface area contributed by atoms with E-state index in [-0.39, 0.29) is 0 Å². The Balaban J connectivity index is 0.000000401. The summed E-state index contributed by atoms with van der Waals surface area (Å²) >= 11 is 0. The van der Waals surface area contributed by atoms with Gasteiger partial charge in [0.2, 0.25) is 0 Å². The van der Waals surface area contributed by atoms with E-state index in [4.69, 9.17) is 5.11 Å². The van der Waals surface area contributed by atoms with Crippen molar-refractivity contribution in [2.45, 2.75) is 57.4 Å². The maximum Gasteiger partial charge on any atom is 0.409 e. The molecule has 0 aromatic carbocycles. The minimum absolute atomic E-state index is 0.510. The van der Waals surface area contributed by atoms with Gasteiger partial charge < -0.3 is 10.0 Å². The van der Waals surface area contributed by atoms with Crippen LogP contribution in [0.25, 0.3) is 0 Å². The van der Waals surface area contributed by atoms with E-state index in [1.807, 2.05) is 6.07 Å². The summed E-state index contributed by atoms with van der Waals surface area (Å²) in [6.07, 6.45) is 12.0. The SMILES string of the molecule is C1CCC1.O=C(O)Nc1ccc(N2CCN(C3CCCC3)CC2)nc1. The first-order valence-electron chi connectivity index (χ1n) is 9.67. The molecule has 0 atom stereocenters. The molecule has 1 aromatic rings. The van der Waals surface area contributed by atoms with E-state index in [1.54, 1.807) is 12.3 Å². The fraction of sp³-hybridized carbons (Fsp3) is 0.684. The standard InChI is InChI=1S/C15H22N4O2.C4H8/c20-15(21)17-12-5-6-14(16-11-12)19-9-7-18(8-10-19)13-3-1-2-4-13;1-2-4-3-1/h5-6,11,13,17H,1-4,7-10H2,(H,20,21);1-4H2. The van der Waals surface area contributed by atoms with E-state index in [0.29, 0.717) is 5.69 Å². The van der Waals surface area contributed by atoms with Crippen LogP contribution in [0.4, 0.5) is 16.3 Å². The van der Waals surface area contributed by atoms with Crippen LogP contribution in [0.15, 0.2) is 18.3 Å². The molecule has 25 heavy (non-hydrogen) atoms. The average Bonchev–Trinajstić information content (AvgIpc) is 3.08. The molecule has 4 rings (SSSR count). The summed E-state index contributed by atoms with van der Waals surface area (Å²) in [6.45, 7) is 4.19. The van der Waals surface area contributed by atoms with Gasteiger partial charge in [-0.2, -0.15) is 0 Å². The molecule has 2 saturated carbocycles. The number of carbonyl (C=O) groups is 1. The quantitative estimate of drug-likeness (QED) is 0.871. The normalized spacial score (nSPS) is 21.2. The van der Waals surface area contributed by atoms with Gasteiger partial charge in [0.1, 0.15) is 5.82 Å². The van der Waals surface area contributed by atoms with Crippen LogP contribution in [0.1, 0.15) is 51.4 Å². The maximum atomic E-state index is 10.6. The number of anilines is 2.